The van der Waals surface area contributed by atoms with Gasteiger partial charge in [0.2, 0.25) is 0 Å². The Balaban J connectivity index is 2.64. The summed E-state index contributed by atoms with van der Waals surface area (Å²) in [5.41, 5.74) is 0.553. The number of esters is 1. The normalized spacial score (nSPS) is 11.4. The smallest absolute Gasteiger partial charge is 0.321 e. The molecule has 0 bridgehead atoms. The van der Waals surface area contributed by atoms with E-state index in [4.69, 9.17) is 23.7 Å². The van der Waals surface area contributed by atoms with Crippen molar-refractivity contribution in [2.75, 3.05) is 35.5 Å². The van der Waals surface area contributed by atoms with Crippen LogP contribution in [0, 0.1) is 0 Å². The van der Waals surface area contributed by atoms with Gasteiger partial charge in [0.25, 0.3) is 0 Å². The highest BCUT2D eigenvalue weighted by molar-refractivity contribution is 9.10. The van der Waals surface area contributed by atoms with Crippen molar-refractivity contribution in [1.82, 2.24) is 0 Å². The van der Waals surface area contributed by atoms with Gasteiger partial charge in [-0.1, -0.05) is 6.07 Å². The molecule has 150 valence electrons. The summed E-state index contributed by atoms with van der Waals surface area (Å²) in [6.07, 6.45) is 0. The molecule has 1 atom stereocenters. The maximum absolute atomic E-state index is 13.4. The first-order chi connectivity index (χ1) is 13.4. The lowest BCUT2D eigenvalue weighted by Crippen LogP contribution is -2.24. The molecule has 1 unspecified atom stereocenters. The van der Waals surface area contributed by atoms with Crippen LogP contribution in [0.4, 0.5) is 0 Å². The van der Waals surface area contributed by atoms with Crippen molar-refractivity contribution < 1.29 is 33.3 Å². The molecule has 0 heterocycles. The number of rotatable bonds is 8. The molecule has 8 heteroatoms. The predicted molar refractivity (Wildman–Crippen MR) is 106 cm³/mol. The minimum absolute atomic E-state index is 0.198. The number of carbonyl (C=O) groups is 2. The Morgan fingerprint density at radius 3 is 2.00 bits per heavy atom. The molecule has 0 saturated carbocycles. The maximum atomic E-state index is 13.4. The van der Waals surface area contributed by atoms with E-state index in [1.54, 1.807) is 30.3 Å². The Hall–Kier alpha value is -2.74. The van der Waals surface area contributed by atoms with Crippen molar-refractivity contribution in [3.63, 3.8) is 0 Å². The standard InChI is InChI=1S/C20H21BrO7/c1-24-11-6-7-12(15(8-11)25-2)18(20(23)28-5)19(22)13-9-14(21)17(27-4)10-16(13)26-3/h6-10,18H,1-5H3. The number of ether oxygens (including phenoxy) is 5. The van der Waals surface area contributed by atoms with Crippen molar-refractivity contribution in [2.24, 2.45) is 0 Å². The van der Waals surface area contributed by atoms with Crippen molar-refractivity contribution in [2.45, 2.75) is 5.92 Å². The molecule has 0 spiro atoms. The molecular weight excluding hydrogens is 432 g/mol. The molecular formula is C20H21BrO7. The van der Waals surface area contributed by atoms with Gasteiger partial charge < -0.3 is 23.7 Å². The number of ketones is 1. The van der Waals surface area contributed by atoms with Crippen LogP contribution in [0.5, 0.6) is 23.0 Å². The van der Waals surface area contributed by atoms with E-state index in [-0.39, 0.29) is 11.3 Å². The Morgan fingerprint density at radius 1 is 0.821 bits per heavy atom. The van der Waals surface area contributed by atoms with E-state index in [2.05, 4.69) is 15.9 Å². The first kappa shape index (κ1) is 21.6. The number of Topliss-reactive ketones (excluding diaryl/α,β-unsaturated/α-hetero) is 1. The lowest BCUT2D eigenvalue weighted by molar-refractivity contribution is -0.141. The molecule has 0 fully saturated rings. The van der Waals surface area contributed by atoms with Crippen LogP contribution in [0.15, 0.2) is 34.8 Å². The molecule has 0 N–H and O–H groups in total. The highest BCUT2D eigenvalue weighted by atomic mass is 79.9. The lowest BCUT2D eigenvalue weighted by Gasteiger charge is -2.19. The van der Waals surface area contributed by atoms with Crippen molar-refractivity contribution in [3.05, 3.63) is 45.9 Å². The van der Waals surface area contributed by atoms with Gasteiger partial charge in [-0.05, 0) is 28.1 Å². The summed E-state index contributed by atoms with van der Waals surface area (Å²) in [4.78, 5) is 25.9. The first-order valence-electron chi connectivity index (χ1n) is 8.17. The van der Waals surface area contributed by atoms with Crippen LogP contribution >= 0.6 is 15.9 Å². The Labute approximate surface area is 171 Å². The summed E-state index contributed by atoms with van der Waals surface area (Å²) in [5, 5.41) is 0. The van der Waals surface area contributed by atoms with Crippen LogP contribution in [0.25, 0.3) is 0 Å². The topological polar surface area (TPSA) is 80.3 Å². The van der Waals surface area contributed by atoms with Gasteiger partial charge in [0, 0.05) is 17.7 Å². The predicted octanol–water partition coefficient (Wildman–Crippen LogP) is 3.62. The fraction of sp³-hybridized carbons (Fsp3) is 0.300. The molecule has 2 aromatic carbocycles. The Morgan fingerprint density at radius 2 is 1.46 bits per heavy atom. The molecule has 0 amide bonds. The zero-order chi connectivity index (χ0) is 20.8. The minimum atomic E-state index is -1.25. The van der Waals surface area contributed by atoms with Crippen LogP contribution in [0.2, 0.25) is 0 Å². The Bertz CT molecular complexity index is 879. The highest BCUT2D eigenvalue weighted by Crippen LogP contribution is 2.38. The number of methoxy groups -OCH3 is 5. The lowest BCUT2D eigenvalue weighted by atomic mass is 9.89. The molecule has 0 aliphatic heterocycles. The van der Waals surface area contributed by atoms with Crippen LogP contribution in [-0.2, 0) is 9.53 Å². The van der Waals surface area contributed by atoms with Crippen LogP contribution in [0.3, 0.4) is 0 Å². The molecule has 7 nitrogen and oxygen atoms in total. The van der Waals surface area contributed by atoms with Crippen molar-refractivity contribution in [3.8, 4) is 23.0 Å². The van der Waals surface area contributed by atoms with E-state index in [0.29, 0.717) is 27.3 Å². The van der Waals surface area contributed by atoms with E-state index >= 15 is 0 Å². The highest BCUT2D eigenvalue weighted by Gasteiger charge is 2.35. The van der Waals surface area contributed by atoms with E-state index < -0.39 is 17.7 Å². The average molecular weight is 453 g/mol. The van der Waals surface area contributed by atoms with Gasteiger partial charge in [-0.2, -0.15) is 0 Å². The van der Waals surface area contributed by atoms with Crippen LogP contribution in [-0.4, -0.2) is 47.3 Å². The molecule has 2 rings (SSSR count). The Kier molecular flexibility index (Phi) is 7.28. The largest absolute Gasteiger partial charge is 0.497 e. The summed E-state index contributed by atoms with van der Waals surface area (Å²) >= 11 is 3.36. The second-order valence-electron chi connectivity index (χ2n) is 5.62. The van der Waals surface area contributed by atoms with E-state index in [9.17, 15) is 9.59 Å². The van der Waals surface area contributed by atoms with Crippen molar-refractivity contribution >= 4 is 27.7 Å². The zero-order valence-corrected chi connectivity index (χ0v) is 17.8. The van der Waals surface area contributed by atoms with Gasteiger partial charge in [0.15, 0.2) is 5.78 Å². The van der Waals surface area contributed by atoms with Crippen LogP contribution in [0.1, 0.15) is 21.8 Å². The number of hydrogen-bond donors (Lipinski definition) is 0. The average Bonchev–Trinajstić information content (AvgIpc) is 2.73. The molecule has 0 aliphatic rings. The number of benzene rings is 2. The van der Waals surface area contributed by atoms with Gasteiger partial charge in [0.05, 0.1) is 45.6 Å². The molecule has 0 saturated heterocycles. The van der Waals surface area contributed by atoms with Gasteiger partial charge >= 0.3 is 5.97 Å². The fourth-order valence-corrected chi connectivity index (χ4v) is 3.26. The summed E-state index contributed by atoms with van der Waals surface area (Å²) < 4.78 is 26.5. The third kappa shape index (κ3) is 4.22. The zero-order valence-electron chi connectivity index (χ0n) is 16.2. The molecule has 0 aliphatic carbocycles. The van der Waals surface area contributed by atoms with E-state index in [0.717, 1.165) is 0 Å². The van der Waals surface area contributed by atoms with Gasteiger partial charge in [0.1, 0.15) is 28.9 Å². The molecule has 0 aromatic heterocycles. The minimum Gasteiger partial charge on any atom is -0.497 e. The van der Waals surface area contributed by atoms with Gasteiger partial charge in [-0.15, -0.1) is 0 Å². The van der Waals surface area contributed by atoms with Gasteiger partial charge in [-0.3, -0.25) is 9.59 Å². The maximum Gasteiger partial charge on any atom is 0.321 e. The van der Waals surface area contributed by atoms with Crippen LogP contribution < -0.4 is 18.9 Å². The molecule has 0 radical (unpaired) electrons. The number of hydrogen-bond acceptors (Lipinski definition) is 7. The number of halogens is 1. The van der Waals surface area contributed by atoms with Crippen molar-refractivity contribution in [1.29, 1.82) is 0 Å². The molecule has 28 heavy (non-hydrogen) atoms. The van der Waals surface area contributed by atoms with Gasteiger partial charge in [-0.25, -0.2) is 0 Å². The summed E-state index contributed by atoms with van der Waals surface area (Å²) in [5.74, 6) is -0.856. The summed E-state index contributed by atoms with van der Waals surface area (Å²) in [6.45, 7) is 0. The fourth-order valence-electron chi connectivity index (χ4n) is 2.76. The van der Waals surface area contributed by atoms with E-state index in [1.807, 2.05) is 0 Å². The summed E-state index contributed by atoms with van der Waals surface area (Å²) in [7, 11) is 7.11. The monoisotopic (exact) mass is 452 g/mol. The quantitative estimate of drug-likeness (QED) is 0.343. The van der Waals surface area contributed by atoms with E-state index in [1.165, 1.54) is 35.5 Å². The molecule has 2 aromatic rings. The first-order valence-corrected chi connectivity index (χ1v) is 8.96. The second-order valence-corrected chi connectivity index (χ2v) is 6.47. The second kappa shape index (κ2) is 9.45. The number of carbonyl (C=O) groups excluding carboxylic acids is 2. The third-order valence-corrected chi connectivity index (χ3v) is 4.81. The summed E-state index contributed by atoms with van der Waals surface area (Å²) in [6, 6.07) is 7.95. The third-order valence-electron chi connectivity index (χ3n) is 4.19. The SMILES string of the molecule is COC(=O)C(C(=O)c1cc(Br)c(OC)cc1OC)c1ccc(OC)cc1OC.